The Morgan fingerprint density at radius 1 is 1.04 bits per heavy atom. The van der Waals surface area contributed by atoms with Crippen LogP contribution in [0, 0.1) is 5.92 Å². The number of alkyl halides is 2. The molecule has 7 heteroatoms. The standard InChI is InChI=1S/C19H18F2N2O3/c20-19(21)26-16-8-4-12(5-9-16)10-17(24)22-14-2-1-3-15(11-14)23-18(25)13-6-7-13/h1-5,8-9,11,13,19H,6-7,10H2,(H,22,24)(H,23,25). The lowest BCUT2D eigenvalue weighted by atomic mass is 10.1. The van der Waals surface area contributed by atoms with E-state index in [1.807, 2.05) is 0 Å². The van der Waals surface area contributed by atoms with Gasteiger partial charge in [0.2, 0.25) is 11.8 Å². The third kappa shape index (κ3) is 5.27. The molecule has 1 aliphatic carbocycles. The van der Waals surface area contributed by atoms with Crippen LogP contribution in [0.25, 0.3) is 0 Å². The molecule has 2 aromatic rings. The molecule has 1 aliphatic rings. The summed E-state index contributed by atoms with van der Waals surface area (Å²) in [6.45, 7) is -2.88. The molecule has 0 atom stereocenters. The molecule has 2 N–H and O–H groups in total. The van der Waals surface area contributed by atoms with Gasteiger partial charge < -0.3 is 15.4 Å². The summed E-state index contributed by atoms with van der Waals surface area (Å²) in [5.74, 6) is -0.105. The van der Waals surface area contributed by atoms with E-state index in [0.717, 1.165) is 12.8 Å². The van der Waals surface area contributed by atoms with Crippen LogP contribution in [-0.2, 0) is 16.0 Å². The Morgan fingerprint density at radius 3 is 2.31 bits per heavy atom. The zero-order valence-corrected chi connectivity index (χ0v) is 13.9. The number of hydrogen-bond acceptors (Lipinski definition) is 3. The van der Waals surface area contributed by atoms with E-state index in [1.54, 1.807) is 36.4 Å². The highest BCUT2D eigenvalue weighted by Crippen LogP contribution is 2.30. The maximum atomic E-state index is 12.1. The summed E-state index contributed by atoms with van der Waals surface area (Å²) in [7, 11) is 0. The van der Waals surface area contributed by atoms with Gasteiger partial charge in [-0.25, -0.2) is 0 Å². The van der Waals surface area contributed by atoms with Crippen molar-refractivity contribution in [2.45, 2.75) is 25.9 Å². The SMILES string of the molecule is O=C(Cc1ccc(OC(F)F)cc1)Nc1cccc(NC(=O)C2CC2)c1. The molecule has 136 valence electrons. The van der Waals surface area contributed by atoms with Crippen LogP contribution in [0.2, 0.25) is 0 Å². The summed E-state index contributed by atoms with van der Waals surface area (Å²) in [5, 5.41) is 5.58. The van der Waals surface area contributed by atoms with Crippen LogP contribution in [0.1, 0.15) is 18.4 Å². The molecule has 0 bridgehead atoms. The number of carbonyl (C=O) groups excluding carboxylic acids is 2. The van der Waals surface area contributed by atoms with Gasteiger partial charge >= 0.3 is 6.61 Å². The number of rotatable bonds is 7. The smallest absolute Gasteiger partial charge is 0.387 e. The van der Waals surface area contributed by atoms with Gasteiger partial charge in [0.15, 0.2) is 0 Å². The minimum Gasteiger partial charge on any atom is -0.435 e. The highest BCUT2D eigenvalue weighted by atomic mass is 19.3. The Bertz CT molecular complexity index is 790. The van der Waals surface area contributed by atoms with Crippen molar-refractivity contribution in [1.29, 1.82) is 0 Å². The Hall–Kier alpha value is -2.96. The van der Waals surface area contributed by atoms with Gasteiger partial charge in [0, 0.05) is 17.3 Å². The van der Waals surface area contributed by atoms with Crippen molar-refractivity contribution in [2.75, 3.05) is 10.6 Å². The number of halogens is 2. The third-order valence-electron chi connectivity index (χ3n) is 3.88. The lowest BCUT2D eigenvalue weighted by Gasteiger charge is -2.09. The van der Waals surface area contributed by atoms with Crippen LogP contribution >= 0.6 is 0 Å². The molecule has 1 saturated carbocycles. The number of carbonyl (C=O) groups is 2. The van der Waals surface area contributed by atoms with E-state index >= 15 is 0 Å². The number of ether oxygens (including phenoxy) is 1. The van der Waals surface area contributed by atoms with Crippen molar-refractivity contribution in [1.82, 2.24) is 0 Å². The normalized spacial score (nSPS) is 13.3. The van der Waals surface area contributed by atoms with Crippen molar-refractivity contribution in [3.05, 3.63) is 54.1 Å². The molecule has 0 aromatic heterocycles. The number of hydrogen-bond donors (Lipinski definition) is 2. The van der Waals surface area contributed by atoms with Gasteiger partial charge in [-0.1, -0.05) is 18.2 Å². The molecule has 0 spiro atoms. The molecular formula is C19H18F2N2O3. The zero-order valence-electron chi connectivity index (χ0n) is 13.9. The van der Waals surface area contributed by atoms with E-state index in [9.17, 15) is 18.4 Å². The van der Waals surface area contributed by atoms with Crippen LogP contribution < -0.4 is 15.4 Å². The first-order chi connectivity index (χ1) is 12.5. The first kappa shape index (κ1) is 17.8. The van der Waals surface area contributed by atoms with Crippen molar-refractivity contribution in [3.63, 3.8) is 0 Å². The van der Waals surface area contributed by atoms with E-state index < -0.39 is 6.61 Å². The molecule has 0 saturated heterocycles. The fourth-order valence-corrected chi connectivity index (χ4v) is 2.44. The van der Waals surface area contributed by atoms with Gasteiger partial charge in [0.05, 0.1) is 6.42 Å². The summed E-state index contributed by atoms with van der Waals surface area (Å²) >= 11 is 0. The van der Waals surface area contributed by atoms with E-state index in [0.29, 0.717) is 16.9 Å². The Morgan fingerprint density at radius 2 is 1.69 bits per heavy atom. The minimum atomic E-state index is -2.88. The minimum absolute atomic E-state index is 0.000386. The molecule has 0 heterocycles. The summed E-state index contributed by atoms with van der Waals surface area (Å²) in [6.07, 6.45) is 1.93. The molecule has 0 aliphatic heterocycles. The summed E-state index contributed by atoms with van der Waals surface area (Å²) in [5.41, 5.74) is 1.87. The van der Waals surface area contributed by atoms with Gasteiger partial charge in [0.25, 0.3) is 0 Å². The largest absolute Gasteiger partial charge is 0.435 e. The first-order valence-corrected chi connectivity index (χ1v) is 8.24. The van der Waals surface area contributed by atoms with Gasteiger partial charge in [-0.3, -0.25) is 9.59 Å². The summed E-state index contributed by atoms with van der Waals surface area (Å²) in [4.78, 5) is 23.9. The predicted octanol–water partition coefficient (Wildman–Crippen LogP) is 3.82. The molecule has 2 aromatic carbocycles. The number of amides is 2. The van der Waals surface area contributed by atoms with E-state index in [1.165, 1.54) is 12.1 Å². The number of benzene rings is 2. The van der Waals surface area contributed by atoms with Crippen molar-refractivity contribution < 1.29 is 23.1 Å². The molecule has 3 rings (SSSR count). The van der Waals surface area contributed by atoms with Crippen molar-refractivity contribution in [2.24, 2.45) is 5.92 Å². The van der Waals surface area contributed by atoms with Crippen LogP contribution in [0.3, 0.4) is 0 Å². The third-order valence-corrected chi connectivity index (χ3v) is 3.88. The second-order valence-corrected chi connectivity index (χ2v) is 6.09. The van der Waals surface area contributed by atoms with Crippen LogP contribution in [0.4, 0.5) is 20.2 Å². The lowest BCUT2D eigenvalue weighted by Crippen LogP contribution is -2.16. The van der Waals surface area contributed by atoms with Gasteiger partial charge in [-0.15, -0.1) is 0 Å². The average molecular weight is 360 g/mol. The Balaban J connectivity index is 1.55. The molecule has 0 unspecified atom stereocenters. The first-order valence-electron chi connectivity index (χ1n) is 8.24. The van der Waals surface area contributed by atoms with E-state index in [4.69, 9.17) is 0 Å². The quantitative estimate of drug-likeness (QED) is 0.789. The molecule has 2 amide bonds. The molecule has 5 nitrogen and oxygen atoms in total. The second-order valence-electron chi connectivity index (χ2n) is 6.09. The van der Waals surface area contributed by atoms with E-state index in [2.05, 4.69) is 15.4 Å². The molecular weight excluding hydrogens is 342 g/mol. The molecule has 1 fully saturated rings. The maximum absolute atomic E-state index is 12.1. The summed E-state index contributed by atoms with van der Waals surface area (Å²) < 4.78 is 28.5. The highest BCUT2D eigenvalue weighted by molar-refractivity contribution is 5.96. The Labute approximate surface area is 149 Å². The van der Waals surface area contributed by atoms with Crippen LogP contribution in [-0.4, -0.2) is 18.4 Å². The van der Waals surface area contributed by atoms with Gasteiger partial charge in [0.1, 0.15) is 5.75 Å². The summed E-state index contributed by atoms with van der Waals surface area (Å²) in [6, 6.07) is 12.8. The van der Waals surface area contributed by atoms with Crippen LogP contribution in [0.15, 0.2) is 48.5 Å². The average Bonchev–Trinajstić information content (AvgIpc) is 3.41. The fraction of sp³-hybridized carbons (Fsp3) is 0.263. The second kappa shape index (κ2) is 7.95. The zero-order chi connectivity index (χ0) is 18.5. The Kier molecular flexibility index (Phi) is 5.46. The predicted molar refractivity (Wildman–Crippen MR) is 93.2 cm³/mol. The topological polar surface area (TPSA) is 67.4 Å². The molecule has 0 radical (unpaired) electrons. The molecule has 26 heavy (non-hydrogen) atoms. The van der Waals surface area contributed by atoms with Crippen molar-refractivity contribution >= 4 is 23.2 Å². The maximum Gasteiger partial charge on any atom is 0.387 e. The highest BCUT2D eigenvalue weighted by Gasteiger charge is 2.29. The number of anilines is 2. The van der Waals surface area contributed by atoms with E-state index in [-0.39, 0.29) is 29.9 Å². The van der Waals surface area contributed by atoms with Crippen molar-refractivity contribution in [3.8, 4) is 5.75 Å². The number of nitrogens with one attached hydrogen (secondary N) is 2. The fourth-order valence-electron chi connectivity index (χ4n) is 2.44. The monoisotopic (exact) mass is 360 g/mol. The lowest BCUT2D eigenvalue weighted by molar-refractivity contribution is -0.117. The van der Waals surface area contributed by atoms with Gasteiger partial charge in [-0.2, -0.15) is 8.78 Å². The van der Waals surface area contributed by atoms with Gasteiger partial charge in [-0.05, 0) is 48.7 Å². The van der Waals surface area contributed by atoms with Crippen LogP contribution in [0.5, 0.6) is 5.75 Å².